The summed E-state index contributed by atoms with van der Waals surface area (Å²) in [7, 11) is 0. The van der Waals surface area contributed by atoms with E-state index < -0.39 is 29.5 Å². The van der Waals surface area contributed by atoms with Gasteiger partial charge in [-0.15, -0.1) is 0 Å². The number of halogens is 3. The monoisotopic (exact) mass is 605 g/mol. The normalized spacial score (nSPS) is 14.2. The van der Waals surface area contributed by atoms with Gasteiger partial charge in [0.25, 0.3) is 5.91 Å². The molecule has 0 radical (unpaired) electrons. The van der Waals surface area contributed by atoms with E-state index >= 15 is 0 Å². The number of nitrogens with zero attached hydrogens (tertiary/aromatic N) is 3. The van der Waals surface area contributed by atoms with Crippen molar-refractivity contribution in [3.05, 3.63) is 95.6 Å². The molecular weight excluding hydrogens is 571 g/mol. The first-order chi connectivity index (χ1) is 20.8. The first kappa shape index (κ1) is 30.8. The van der Waals surface area contributed by atoms with Crippen molar-refractivity contribution in [1.82, 2.24) is 25.4 Å². The van der Waals surface area contributed by atoms with E-state index in [0.29, 0.717) is 22.7 Å². The zero-order valence-corrected chi connectivity index (χ0v) is 24.9. The quantitative estimate of drug-likeness (QED) is 0.217. The van der Waals surface area contributed by atoms with E-state index in [1.165, 1.54) is 6.07 Å². The molecule has 11 heteroatoms. The number of alkyl halides is 3. The van der Waals surface area contributed by atoms with Gasteiger partial charge in [-0.25, -0.2) is 4.79 Å². The molecule has 0 saturated heterocycles. The minimum atomic E-state index is -4.53. The standard InChI is InChI=1S/C33H34F3N5O3/c1-20(40-30(42)29-15-23(13-14-37-29)25-18-39-41(19-25)27-11-12-27)21-5-7-22(8-6-21)28-16-26(33(34,35)36)10-9-24(28)17-38-31(43)44-32(2,3)4/h5-10,13-16,18-20,27H,11-12,17H2,1-4H3,(H,38,43)(H,40,42)/t20-/m1/s1. The summed E-state index contributed by atoms with van der Waals surface area (Å²) in [5.74, 6) is -0.355. The summed E-state index contributed by atoms with van der Waals surface area (Å²) in [5, 5.41) is 9.97. The SMILES string of the molecule is C[C@@H](NC(=O)c1cc(-c2cnn(C3CC3)c2)ccn1)c1ccc(-c2cc(C(F)(F)F)ccc2CNC(=O)OC(C)(C)C)cc1. The van der Waals surface area contributed by atoms with Crippen LogP contribution >= 0.6 is 0 Å². The number of carbonyl (C=O) groups is 2. The maximum Gasteiger partial charge on any atom is 0.416 e. The number of ether oxygens (including phenoxy) is 1. The molecule has 0 aliphatic heterocycles. The maximum atomic E-state index is 13.6. The lowest BCUT2D eigenvalue weighted by Crippen LogP contribution is -2.32. The molecular formula is C33H34F3N5O3. The number of hydrogen-bond acceptors (Lipinski definition) is 5. The number of benzene rings is 2. The van der Waals surface area contributed by atoms with Gasteiger partial charge >= 0.3 is 12.3 Å². The fourth-order valence-electron chi connectivity index (χ4n) is 4.72. The van der Waals surface area contributed by atoms with Crippen molar-refractivity contribution in [3.8, 4) is 22.3 Å². The summed E-state index contributed by atoms with van der Waals surface area (Å²) in [4.78, 5) is 29.5. The van der Waals surface area contributed by atoms with Gasteiger partial charge in [-0.3, -0.25) is 14.5 Å². The third-order valence-electron chi connectivity index (χ3n) is 7.18. The second kappa shape index (κ2) is 12.1. The second-order valence-corrected chi connectivity index (χ2v) is 11.9. The number of pyridine rings is 1. The molecule has 1 aliphatic carbocycles. The molecule has 2 aromatic heterocycles. The Hall–Kier alpha value is -4.67. The van der Waals surface area contributed by atoms with E-state index in [1.807, 2.05) is 23.9 Å². The molecule has 0 bridgehead atoms. The van der Waals surface area contributed by atoms with Gasteiger partial charge in [0.2, 0.25) is 0 Å². The number of alkyl carbamates (subject to hydrolysis) is 1. The third kappa shape index (κ3) is 7.64. The molecule has 2 N–H and O–H groups in total. The first-order valence-corrected chi connectivity index (χ1v) is 14.4. The van der Waals surface area contributed by atoms with Crippen LogP contribution in [0.1, 0.15) is 79.8 Å². The Bertz CT molecular complexity index is 1650. The van der Waals surface area contributed by atoms with Gasteiger partial charge in [0.15, 0.2) is 0 Å². The summed E-state index contributed by atoms with van der Waals surface area (Å²) in [5.41, 5.74) is 2.60. The van der Waals surface area contributed by atoms with Gasteiger partial charge in [0, 0.05) is 24.5 Å². The van der Waals surface area contributed by atoms with Crippen molar-refractivity contribution < 1.29 is 27.5 Å². The highest BCUT2D eigenvalue weighted by atomic mass is 19.4. The molecule has 0 spiro atoms. The first-order valence-electron chi connectivity index (χ1n) is 14.4. The van der Waals surface area contributed by atoms with Gasteiger partial charge in [-0.05, 0) is 92.6 Å². The average Bonchev–Trinajstić information content (AvgIpc) is 3.70. The van der Waals surface area contributed by atoms with Crippen LogP contribution in [0.15, 0.2) is 73.2 Å². The zero-order chi connectivity index (χ0) is 31.6. The summed E-state index contributed by atoms with van der Waals surface area (Å²) >= 11 is 0. The predicted molar refractivity (Wildman–Crippen MR) is 160 cm³/mol. The number of aromatic nitrogens is 3. The topological polar surface area (TPSA) is 98.1 Å². The van der Waals surface area contributed by atoms with Crippen LogP contribution in [0.4, 0.5) is 18.0 Å². The lowest BCUT2D eigenvalue weighted by Gasteiger charge is -2.20. The van der Waals surface area contributed by atoms with Crippen LogP contribution in [0.5, 0.6) is 0 Å². The lowest BCUT2D eigenvalue weighted by atomic mass is 9.95. The molecule has 5 rings (SSSR count). The molecule has 44 heavy (non-hydrogen) atoms. The molecule has 1 atom stereocenters. The van der Waals surface area contributed by atoms with Crippen LogP contribution < -0.4 is 10.6 Å². The Morgan fingerprint density at radius 2 is 1.73 bits per heavy atom. The lowest BCUT2D eigenvalue weighted by molar-refractivity contribution is -0.137. The number of carbonyl (C=O) groups excluding carboxylic acids is 2. The Kier molecular flexibility index (Phi) is 8.49. The molecule has 230 valence electrons. The highest BCUT2D eigenvalue weighted by molar-refractivity contribution is 5.93. The van der Waals surface area contributed by atoms with E-state index in [2.05, 4.69) is 20.7 Å². The Labute approximate surface area is 253 Å². The molecule has 0 unspecified atom stereocenters. The van der Waals surface area contributed by atoms with Crippen molar-refractivity contribution in [1.29, 1.82) is 0 Å². The van der Waals surface area contributed by atoms with Crippen LogP contribution in [0.3, 0.4) is 0 Å². The summed E-state index contributed by atoms with van der Waals surface area (Å²) in [6.45, 7) is 6.96. The molecule has 1 fully saturated rings. The number of rotatable bonds is 8. The third-order valence-corrected chi connectivity index (χ3v) is 7.18. The fourth-order valence-corrected chi connectivity index (χ4v) is 4.72. The number of nitrogens with one attached hydrogen (secondary N) is 2. The van der Waals surface area contributed by atoms with Crippen molar-refractivity contribution in [2.45, 2.75) is 70.9 Å². The highest BCUT2D eigenvalue weighted by Crippen LogP contribution is 2.36. The Morgan fingerprint density at radius 1 is 1.00 bits per heavy atom. The largest absolute Gasteiger partial charge is 0.444 e. The molecule has 1 saturated carbocycles. The second-order valence-electron chi connectivity index (χ2n) is 11.9. The van der Waals surface area contributed by atoms with Gasteiger partial charge in [0.05, 0.1) is 23.8 Å². The molecule has 4 aromatic rings. The maximum absolute atomic E-state index is 13.6. The fraction of sp³-hybridized carbons (Fsp3) is 0.333. The number of amides is 2. The van der Waals surface area contributed by atoms with E-state index in [1.54, 1.807) is 63.5 Å². The van der Waals surface area contributed by atoms with Crippen LogP contribution in [-0.4, -0.2) is 32.4 Å². The van der Waals surface area contributed by atoms with Gasteiger partial charge in [-0.2, -0.15) is 18.3 Å². The molecule has 2 aromatic carbocycles. The molecule has 8 nitrogen and oxygen atoms in total. The predicted octanol–water partition coefficient (Wildman–Crippen LogP) is 7.48. The molecule has 2 amide bonds. The smallest absolute Gasteiger partial charge is 0.416 e. The summed E-state index contributed by atoms with van der Waals surface area (Å²) in [6.07, 6.45) is 2.38. The van der Waals surface area contributed by atoms with Gasteiger partial charge in [-0.1, -0.05) is 30.3 Å². The van der Waals surface area contributed by atoms with E-state index in [9.17, 15) is 22.8 Å². The van der Waals surface area contributed by atoms with Crippen LogP contribution in [-0.2, 0) is 17.5 Å². The van der Waals surface area contributed by atoms with Gasteiger partial charge < -0.3 is 15.4 Å². The highest BCUT2D eigenvalue weighted by Gasteiger charge is 2.31. The minimum absolute atomic E-state index is 0.0238. The Morgan fingerprint density at radius 3 is 2.39 bits per heavy atom. The van der Waals surface area contributed by atoms with Crippen LogP contribution in [0, 0.1) is 0 Å². The molecule has 2 heterocycles. The van der Waals surface area contributed by atoms with Crippen LogP contribution in [0.2, 0.25) is 0 Å². The summed E-state index contributed by atoms with van der Waals surface area (Å²) in [6, 6.07) is 13.9. The van der Waals surface area contributed by atoms with Crippen molar-refractivity contribution in [2.24, 2.45) is 0 Å². The van der Waals surface area contributed by atoms with E-state index in [0.717, 1.165) is 41.7 Å². The van der Waals surface area contributed by atoms with Gasteiger partial charge in [0.1, 0.15) is 11.3 Å². The van der Waals surface area contributed by atoms with E-state index in [-0.39, 0.29) is 18.1 Å². The zero-order valence-electron chi connectivity index (χ0n) is 24.9. The van der Waals surface area contributed by atoms with Crippen molar-refractivity contribution in [2.75, 3.05) is 0 Å². The number of hydrogen-bond donors (Lipinski definition) is 2. The molecule has 1 aliphatic rings. The van der Waals surface area contributed by atoms with E-state index in [4.69, 9.17) is 4.74 Å². The Balaban J connectivity index is 1.30. The van der Waals surface area contributed by atoms with Crippen LogP contribution in [0.25, 0.3) is 22.3 Å². The van der Waals surface area contributed by atoms with Crippen molar-refractivity contribution >= 4 is 12.0 Å². The van der Waals surface area contributed by atoms with Crippen molar-refractivity contribution in [3.63, 3.8) is 0 Å². The average molecular weight is 606 g/mol. The summed E-state index contributed by atoms with van der Waals surface area (Å²) < 4.78 is 47.9. The minimum Gasteiger partial charge on any atom is -0.444 e.